The number of para-hydroxylation sites is 1. The van der Waals surface area contributed by atoms with E-state index in [4.69, 9.17) is 4.74 Å². The van der Waals surface area contributed by atoms with Crippen LogP contribution < -0.4 is 5.32 Å². The summed E-state index contributed by atoms with van der Waals surface area (Å²) in [5.74, 6) is -0.785. The van der Waals surface area contributed by atoms with Gasteiger partial charge in [-0.3, -0.25) is 9.36 Å². The molecule has 9 nitrogen and oxygen atoms in total. The molecule has 0 saturated heterocycles. The first-order chi connectivity index (χ1) is 19.3. The lowest BCUT2D eigenvalue weighted by Gasteiger charge is -2.11. The molecule has 0 atom stereocenters. The highest BCUT2D eigenvalue weighted by molar-refractivity contribution is 7.99. The molecule has 1 amide bonds. The van der Waals surface area contributed by atoms with Gasteiger partial charge in [-0.05, 0) is 61.9 Å². The molecule has 0 aliphatic heterocycles. The number of esters is 1. The van der Waals surface area contributed by atoms with E-state index in [1.807, 2.05) is 44.2 Å². The summed E-state index contributed by atoms with van der Waals surface area (Å²) >= 11 is 1.14. The van der Waals surface area contributed by atoms with E-state index in [2.05, 4.69) is 15.5 Å². The highest BCUT2D eigenvalue weighted by Gasteiger charge is 2.23. The number of nitrogens with zero attached hydrogens (tertiary/aromatic N) is 3. The summed E-state index contributed by atoms with van der Waals surface area (Å²) in [7, 11) is -3.68. The molecule has 0 unspecified atom stereocenters. The average molecular weight is 579 g/mol. The Bertz CT molecular complexity index is 1550. The van der Waals surface area contributed by atoms with Crippen molar-refractivity contribution in [2.24, 2.45) is 0 Å². The number of aromatic nitrogens is 3. The predicted molar refractivity (Wildman–Crippen MR) is 154 cm³/mol. The van der Waals surface area contributed by atoms with Crippen LogP contribution in [0.15, 0.2) is 88.9 Å². The van der Waals surface area contributed by atoms with E-state index in [0.29, 0.717) is 28.7 Å². The Balaban J connectivity index is 1.45. The maximum Gasteiger partial charge on any atom is 0.338 e. The van der Waals surface area contributed by atoms with Crippen molar-refractivity contribution in [1.82, 2.24) is 14.8 Å². The van der Waals surface area contributed by atoms with Gasteiger partial charge in [-0.15, -0.1) is 10.2 Å². The molecular weight excluding hydrogens is 548 g/mol. The fraction of sp³-hybridized carbons (Fsp3) is 0.241. The van der Waals surface area contributed by atoms with E-state index in [1.165, 1.54) is 0 Å². The molecule has 4 aromatic rings. The third kappa shape index (κ3) is 7.57. The number of anilines is 1. The van der Waals surface area contributed by atoms with Crippen molar-refractivity contribution >= 4 is 39.2 Å². The molecule has 0 fully saturated rings. The minimum absolute atomic E-state index is 0.0104. The fourth-order valence-electron chi connectivity index (χ4n) is 3.73. The predicted octanol–water partition coefficient (Wildman–Crippen LogP) is 5.24. The molecule has 40 heavy (non-hydrogen) atoms. The van der Waals surface area contributed by atoms with Gasteiger partial charge in [0.05, 0.1) is 22.8 Å². The number of unbranched alkanes of at least 4 members (excludes halogenated alkanes) is 1. The Morgan fingerprint density at radius 2 is 1.65 bits per heavy atom. The average Bonchev–Trinajstić information content (AvgIpc) is 3.34. The number of thioether (sulfide) groups is 1. The summed E-state index contributed by atoms with van der Waals surface area (Å²) in [5, 5.41) is 11.6. The first kappa shape index (κ1) is 29.0. The monoisotopic (exact) mass is 578 g/mol. The number of nitrogens with one attached hydrogen (secondary N) is 1. The second-order valence-corrected chi connectivity index (χ2v) is 12.0. The highest BCUT2D eigenvalue weighted by Crippen LogP contribution is 2.25. The van der Waals surface area contributed by atoms with Crippen molar-refractivity contribution in [2.45, 2.75) is 42.5 Å². The van der Waals surface area contributed by atoms with E-state index >= 15 is 0 Å². The standard InChI is InChI=1S/C29H30N4O5S2/c1-3-4-18-38-28(35)22-12-14-23(15-13-22)30-27(34)19-39-29-32-31-26(33(29)24-8-6-5-7-9-24)20-40(36,37)25-16-10-21(2)11-17-25/h5-17H,3-4,18-20H2,1-2H3,(H,30,34). The normalized spacial score (nSPS) is 11.2. The summed E-state index contributed by atoms with van der Waals surface area (Å²) < 4.78 is 33.1. The van der Waals surface area contributed by atoms with Gasteiger partial charge in [-0.2, -0.15) is 0 Å². The first-order valence-electron chi connectivity index (χ1n) is 12.8. The zero-order chi connectivity index (χ0) is 28.5. The first-order valence-corrected chi connectivity index (χ1v) is 15.4. The molecule has 4 rings (SSSR count). The summed E-state index contributed by atoms with van der Waals surface area (Å²) in [4.78, 5) is 25.0. The number of hydrogen-bond acceptors (Lipinski definition) is 8. The van der Waals surface area contributed by atoms with Crippen molar-refractivity contribution in [3.63, 3.8) is 0 Å². The molecule has 1 aromatic heterocycles. The molecule has 0 saturated carbocycles. The van der Waals surface area contributed by atoms with Crippen LogP contribution in [0.25, 0.3) is 5.69 Å². The molecule has 0 spiro atoms. The van der Waals surface area contributed by atoms with Gasteiger partial charge in [-0.25, -0.2) is 13.2 Å². The molecule has 208 valence electrons. The van der Waals surface area contributed by atoms with Crippen molar-refractivity contribution < 1.29 is 22.7 Å². The second-order valence-electron chi connectivity index (χ2n) is 9.05. The number of hydrogen-bond donors (Lipinski definition) is 1. The lowest BCUT2D eigenvalue weighted by atomic mass is 10.2. The van der Waals surface area contributed by atoms with Crippen LogP contribution in [0.3, 0.4) is 0 Å². The van der Waals surface area contributed by atoms with Gasteiger partial charge in [-0.1, -0.05) is 61.0 Å². The summed E-state index contributed by atoms with van der Waals surface area (Å²) in [5.41, 5.74) is 2.59. The minimum atomic E-state index is -3.68. The van der Waals surface area contributed by atoms with E-state index < -0.39 is 15.8 Å². The molecular formula is C29H30N4O5S2. The van der Waals surface area contributed by atoms with Crippen molar-refractivity contribution in [3.05, 3.63) is 95.8 Å². The molecule has 1 heterocycles. The molecule has 0 bridgehead atoms. The Morgan fingerprint density at radius 3 is 2.33 bits per heavy atom. The number of carbonyl (C=O) groups is 2. The maximum absolute atomic E-state index is 13.1. The molecule has 0 aliphatic carbocycles. The van der Waals surface area contributed by atoms with Crippen LogP contribution >= 0.6 is 11.8 Å². The van der Waals surface area contributed by atoms with Gasteiger partial charge in [0.25, 0.3) is 0 Å². The largest absolute Gasteiger partial charge is 0.462 e. The third-order valence-corrected chi connectivity index (χ3v) is 8.44. The number of rotatable bonds is 12. The van der Waals surface area contributed by atoms with Gasteiger partial charge < -0.3 is 10.1 Å². The Labute approximate surface area is 237 Å². The summed E-state index contributed by atoms with van der Waals surface area (Å²) in [6.07, 6.45) is 1.74. The van der Waals surface area contributed by atoms with Crippen LogP contribution in [0.4, 0.5) is 5.69 Å². The lowest BCUT2D eigenvalue weighted by molar-refractivity contribution is -0.113. The van der Waals surface area contributed by atoms with Gasteiger partial charge in [0.2, 0.25) is 5.91 Å². The van der Waals surface area contributed by atoms with Crippen LogP contribution in [0.2, 0.25) is 0 Å². The Morgan fingerprint density at radius 1 is 0.950 bits per heavy atom. The number of sulfone groups is 1. The van der Waals surface area contributed by atoms with Crippen LogP contribution in [-0.4, -0.2) is 47.4 Å². The minimum Gasteiger partial charge on any atom is -0.462 e. The highest BCUT2D eigenvalue weighted by atomic mass is 32.2. The van der Waals surface area contributed by atoms with Gasteiger partial charge >= 0.3 is 5.97 Å². The van der Waals surface area contributed by atoms with E-state index in [0.717, 1.165) is 30.2 Å². The lowest BCUT2D eigenvalue weighted by Crippen LogP contribution is -2.15. The Hall–Kier alpha value is -3.96. The SMILES string of the molecule is CCCCOC(=O)c1ccc(NC(=O)CSc2nnc(CS(=O)(=O)c3ccc(C)cc3)n2-c2ccccc2)cc1. The van der Waals surface area contributed by atoms with Crippen molar-refractivity contribution in [2.75, 3.05) is 17.7 Å². The summed E-state index contributed by atoms with van der Waals surface area (Å²) in [6, 6.07) is 22.3. The summed E-state index contributed by atoms with van der Waals surface area (Å²) in [6.45, 7) is 4.28. The molecule has 0 aliphatic rings. The number of amides is 1. The molecule has 1 N–H and O–H groups in total. The van der Waals surface area contributed by atoms with E-state index in [-0.39, 0.29) is 28.1 Å². The fourth-order valence-corrected chi connectivity index (χ4v) is 5.75. The van der Waals surface area contributed by atoms with Gasteiger partial charge in [0.15, 0.2) is 20.8 Å². The van der Waals surface area contributed by atoms with Crippen molar-refractivity contribution in [1.29, 1.82) is 0 Å². The number of benzene rings is 3. The smallest absolute Gasteiger partial charge is 0.338 e. The Kier molecular flexibility index (Phi) is 9.73. The van der Waals surface area contributed by atoms with Crippen molar-refractivity contribution in [3.8, 4) is 5.69 Å². The second kappa shape index (κ2) is 13.4. The van der Waals surface area contributed by atoms with Crippen LogP contribution in [-0.2, 0) is 25.1 Å². The maximum atomic E-state index is 13.1. The van der Waals surface area contributed by atoms with E-state index in [1.54, 1.807) is 53.1 Å². The topological polar surface area (TPSA) is 120 Å². The van der Waals surface area contributed by atoms with E-state index in [9.17, 15) is 18.0 Å². The number of aryl methyl sites for hydroxylation is 1. The van der Waals surface area contributed by atoms with Crippen LogP contribution in [0.1, 0.15) is 41.5 Å². The quantitative estimate of drug-likeness (QED) is 0.138. The zero-order valence-electron chi connectivity index (χ0n) is 22.2. The number of carbonyl (C=O) groups excluding carboxylic acids is 2. The van der Waals surface area contributed by atoms with Crippen LogP contribution in [0.5, 0.6) is 0 Å². The molecule has 3 aromatic carbocycles. The third-order valence-electron chi connectivity index (χ3n) is 5.88. The zero-order valence-corrected chi connectivity index (χ0v) is 23.9. The van der Waals surface area contributed by atoms with Crippen LogP contribution in [0, 0.1) is 6.92 Å². The molecule has 11 heteroatoms. The number of ether oxygens (including phenoxy) is 1. The molecule has 0 radical (unpaired) electrons. The van der Waals surface area contributed by atoms with Gasteiger partial charge in [0, 0.05) is 11.4 Å². The van der Waals surface area contributed by atoms with Gasteiger partial charge in [0.1, 0.15) is 5.75 Å².